The summed E-state index contributed by atoms with van der Waals surface area (Å²) in [5.74, 6) is 5.79. The summed E-state index contributed by atoms with van der Waals surface area (Å²) in [6.45, 7) is 3.34. The van der Waals surface area contributed by atoms with Crippen LogP contribution in [-0.4, -0.2) is 20.7 Å². The highest BCUT2D eigenvalue weighted by Gasteiger charge is 2.10. The second kappa shape index (κ2) is 6.12. The third kappa shape index (κ3) is 3.68. The van der Waals surface area contributed by atoms with Crippen molar-refractivity contribution in [1.29, 1.82) is 0 Å². The Morgan fingerprint density at radius 3 is 2.30 bits per heavy atom. The van der Waals surface area contributed by atoms with Crippen LogP contribution in [0.15, 0.2) is 60.9 Å². The van der Waals surface area contributed by atoms with E-state index in [-0.39, 0.29) is 0 Å². The molecule has 0 aliphatic carbocycles. The number of aromatic nitrogens is 2. The number of hydrogen-bond acceptors (Lipinski definition) is 2. The average molecular weight is 302 g/mol. The maximum absolute atomic E-state index is 9.66. The minimum Gasteiger partial charge on any atom is -0.378 e. The summed E-state index contributed by atoms with van der Waals surface area (Å²) >= 11 is 0. The molecule has 3 heteroatoms. The van der Waals surface area contributed by atoms with Crippen molar-refractivity contribution in [3.8, 4) is 34.4 Å². The van der Waals surface area contributed by atoms with Crippen LogP contribution in [0.1, 0.15) is 19.4 Å². The SMILES string of the molecule is CC(C)(O)C#Cc1ccc(-c2[nH]cnc2-c2ccccc2)cc1. The Bertz CT molecular complexity index is 844. The second-order valence-corrected chi connectivity index (χ2v) is 5.88. The highest BCUT2D eigenvalue weighted by atomic mass is 16.3. The van der Waals surface area contributed by atoms with Gasteiger partial charge >= 0.3 is 0 Å². The van der Waals surface area contributed by atoms with E-state index in [1.807, 2.05) is 54.6 Å². The maximum Gasteiger partial charge on any atom is 0.120 e. The van der Waals surface area contributed by atoms with Gasteiger partial charge in [0.25, 0.3) is 0 Å². The molecule has 2 aromatic carbocycles. The van der Waals surface area contributed by atoms with Crippen molar-refractivity contribution in [3.05, 3.63) is 66.5 Å². The number of imidazole rings is 1. The molecule has 1 aromatic heterocycles. The van der Waals surface area contributed by atoms with Crippen LogP contribution in [0.4, 0.5) is 0 Å². The number of hydrogen-bond donors (Lipinski definition) is 2. The monoisotopic (exact) mass is 302 g/mol. The van der Waals surface area contributed by atoms with Gasteiger partial charge in [-0.15, -0.1) is 0 Å². The first kappa shape index (κ1) is 15.1. The highest BCUT2D eigenvalue weighted by Crippen LogP contribution is 2.28. The van der Waals surface area contributed by atoms with E-state index in [1.54, 1.807) is 20.2 Å². The molecule has 3 aromatic rings. The van der Waals surface area contributed by atoms with E-state index in [2.05, 4.69) is 21.8 Å². The maximum atomic E-state index is 9.66. The van der Waals surface area contributed by atoms with Gasteiger partial charge in [0.2, 0.25) is 0 Å². The van der Waals surface area contributed by atoms with Crippen LogP contribution in [0.3, 0.4) is 0 Å². The smallest absolute Gasteiger partial charge is 0.120 e. The normalized spacial score (nSPS) is 10.9. The van der Waals surface area contributed by atoms with Crippen LogP contribution in [-0.2, 0) is 0 Å². The molecule has 114 valence electrons. The zero-order valence-electron chi connectivity index (χ0n) is 13.2. The summed E-state index contributed by atoms with van der Waals surface area (Å²) in [5.41, 5.74) is 3.93. The van der Waals surface area contributed by atoms with Crippen molar-refractivity contribution in [3.63, 3.8) is 0 Å². The molecule has 0 saturated heterocycles. The van der Waals surface area contributed by atoms with Crippen LogP contribution in [0.25, 0.3) is 22.5 Å². The van der Waals surface area contributed by atoms with Crippen molar-refractivity contribution in [2.75, 3.05) is 0 Å². The Labute approximate surface area is 136 Å². The topological polar surface area (TPSA) is 48.9 Å². The molecule has 3 rings (SSSR count). The number of benzene rings is 2. The van der Waals surface area contributed by atoms with Gasteiger partial charge in [-0.05, 0) is 26.0 Å². The predicted octanol–water partition coefficient (Wildman–Crippen LogP) is 3.87. The number of H-pyrrole nitrogens is 1. The predicted molar refractivity (Wildman–Crippen MR) is 92.6 cm³/mol. The first-order valence-electron chi connectivity index (χ1n) is 7.48. The van der Waals surface area contributed by atoms with Gasteiger partial charge in [-0.3, -0.25) is 0 Å². The van der Waals surface area contributed by atoms with E-state index in [1.165, 1.54) is 0 Å². The molecule has 2 N–H and O–H groups in total. The molecular formula is C20H18N2O. The lowest BCUT2D eigenvalue weighted by Gasteiger charge is -2.06. The van der Waals surface area contributed by atoms with Crippen molar-refractivity contribution in [1.82, 2.24) is 9.97 Å². The van der Waals surface area contributed by atoms with Crippen molar-refractivity contribution < 1.29 is 5.11 Å². The molecule has 0 atom stereocenters. The van der Waals surface area contributed by atoms with Gasteiger partial charge < -0.3 is 10.1 Å². The summed E-state index contributed by atoms with van der Waals surface area (Å²) in [4.78, 5) is 7.65. The molecule has 1 heterocycles. The second-order valence-electron chi connectivity index (χ2n) is 5.88. The Hall–Kier alpha value is -2.83. The van der Waals surface area contributed by atoms with Crippen LogP contribution < -0.4 is 0 Å². The van der Waals surface area contributed by atoms with Crippen LogP contribution in [0.2, 0.25) is 0 Å². The molecule has 0 radical (unpaired) electrons. The van der Waals surface area contributed by atoms with Crippen LogP contribution in [0, 0.1) is 11.8 Å². The third-order valence-electron chi connectivity index (χ3n) is 3.37. The Kier molecular flexibility index (Phi) is 4.01. The summed E-state index contributed by atoms with van der Waals surface area (Å²) < 4.78 is 0. The molecule has 0 bridgehead atoms. The Balaban J connectivity index is 1.92. The minimum atomic E-state index is -0.984. The van der Waals surface area contributed by atoms with E-state index >= 15 is 0 Å². The molecule has 23 heavy (non-hydrogen) atoms. The lowest BCUT2D eigenvalue weighted by Crippen LogP contribution is -2.14. The largest absolute Gasteiger partial charge is 0.378 e. The summed E-state index contributed by atoms with van der Waals surface area (Å²) in [6.07, 6.45) is 1.71. The Morgan fingerprint density at radius 1 is 0.957 bits per heavy atom. The summed E-state index contributed by atoms with van der Waals surface area (Å²) in [6, 6.07) is 18.0. The van der Waals surface area contributed by atoms with Gasteiger partial charge in [0.05, 0.1) is 17.7 Å². The van der Waals surface area contributed by atoms with Crippen molar-refractivity contribution >= 4 is 0 Å². The summed E-state index contributed by atoms with van der Waals surface area (Å²) in [7, 11) is 0. The van der Waals surface area contributed by atoms with Crippen molar-refractivity contribution in [2.45, 2.75) is 19.4 Å². The fourth-order valence-electron chi connectivity index (χ4n) is 2.27. The molecule has 0 aliphatic heterocycles. The zero-order chi connectivity index (χ0) is 16.3. The average Bonchev–Trinajstić information content (AvgIpc) is 3.03. The molecule has 0 amide bonds. The number of aliphatic hydroxyl groups is 1. The number of aromatic amines is 1. The van der Waals surface area contributed by atoms with E-state index < -0.39 is 5.60 Å². The molecule has 0 unspecified atom stereocenters. The number of rotatable bonds is 2. The van der Waals surface area contributed by atoms with Gasteiger partial charge in [-0.1, -0.05) is 54.3 Å². The third-order valence-corrected chi connectivity index (χ3v) is 3.37. The standard InChI is InChI=1S/C20H18N2O/c1-20(2,23)13-12-15-8-10-17(11-9-15)19-18(21-14-22-19)16-6-4-3-5-7-16/h3-11,14,23H,1-2H3,(H,21,22). The van der Waals surface area contributed by atoms with E-state index in [4.69, 9.17) is 0 Å². The van der Waals surface area contributed by atoms with Gasteiger partial charge in [-0.2, -0.15) is 0 Å². The highest BCUT2D eigenvalue weighted by molar-refractivity contribution is 5.78. The van der Waals surface area contributed by atoms with Gasteiger partial charge in [0, 0.05) is 16.7 Å². The van der Waals surface area contributed by atoms with E-state index in [0.29, 0.717) is 0 Å². The summed E-state index contributed by atoms with van der Waals surface area (Å²) in [5, 5.41) is 9.66. The number of nitrogens with zero attached hydrogens (tertiary/aromatic N) is 1. The van der Waals surface area contributed by atoms with Crippen molar-refractivity contribution in [2.24, 2.45) is 0 Å². The first-order chi connectivity index (χ1) is 11.0. The fourth-order valence-corrected chi connectivity index (χ4v) is 2.27. The van der Waals surface area contributed by atoms with E-state index in [9.17, 15) is 5.11 Å². The molecule has 0 aliphatic rings. The molecule has 0 fully saturated rings. The molecule has 3 nitrogen and oxygen atoms in total. The molecule has 0 spiro atoms. The van der Waals surface area contributed by atoms with Gasteiger partial charge in [0.1, 0.15) is 5.60 Å². The lowest BCUT2D eigenvalue weighted by molar-refractivity contribution is 0.143. The quantitative estimate of drug-likeness (QED) is 0.706. The zero-order valence-corrected chi connectivity index (χ0v) is 13.2. The fraction of sp³-hybridized carbons (Fsp3) is 0.150. The van der Waals surface area contributed by atoms with Gasteiger partial charge in [0.15, 0.2) is 0 Å². The van der Waals surface area contributed by atoms with Gasteiger partial charge in [-0.25, -0.2) is 4.98 Å². The molecule has 0 saturated carbocycles. The number of nitrogens with one attached hydrogen (secondary N) is 1. The first-order valence-corrected chi connectivity index (χ1v) is 7.48. The molecular weight excluding hydrogens is 284 g/mol. The minimum absolute atomic E-state index is 0.872. The lowest BCUT2D eigenvalue weighted by atomic mass is 10.0. The van der Waals surface area contributed by atoms with Crippen LogP contribution >= 0.6 is 0 Å². The van der Waals surface area contributed by atoms with E-state index in [0.717, 1.165) is 28.1 Å². The Morgan fingerprint density at radius 2 is 1.65 bits per heavy atom. The van der Waals surface area contributed by atoms with Crippen LogP contribution in [0.5, 0.6) is 0 Å².